The highest BCUT2D eigenvalue weighted by molar-refractivity contribution is 7.10. The molecule has 4 aromatic rings. The fourth-order valence-electron chi connectivity index (χ4n) is 3.84. The van der Waals surface area contributed by atoms with Crippen molar-refractivity contribution in [2.45, 2.75) is 19.4 Å². The molecule has 1 atom stereocenters. The molecular formula is C22H19N3OS2. The zero-order valence-corrected chi connectivity index (χ0v) is 17.0. The Hall–Kier alpha value is -2.70. The van der Waals surface area contributed by atoms with Gasteiger partial charge < -0.3 is 4.90 Å². The summed E-state index contributed by atoms with van der Waals surface area (Å²) in [5.41, 5.74) is 4.02. The minimum atomic E-state index is 0.00976. The molecule has 3 aromatic heterocycles. The van der Waals surface area contributed by atoms with Crippen molar-refractivity contribution >= 4 is 28.6 Å². The molecule has 0 aliphatic carbocycles. The van der Waals surface area contributed by atoms with Crippen LogP contribution in [0.15, 0.2) is 65.5 Å². The number of hydrogen-bond acceptors (Lipinski definition) is 4. The number of aromatic nitrogens is 2. The van der Waals surface area contributed by atoms with Crippen molar-refractivity contribution in [2.75, 3.05) is 6.54 Å². The number of benzene rings is 1. The maximum absolute atomic E-state index is 13.4. The van der Waals surface area contributed by atoms with Gasteiger partial charge in [-0.3, -0.25) is 4.79 Å². The lowest BCUT2D eigenvalue weighted by atomic mass is 9.97. The number of amides is 1. The highest BCUT2D eigenvalue weighted by Crippen LogP contribution is 2.40. The number of carbonyl (C=O) groups is 1. The SMILES string of the molecule is Cc1ccnn1-c1ccc(C(=O)N2CCc3sccc3[C@H]2c2cccs2)cc1. The molecule has 0 N–H and O–H groups in total. The highest BCUT2D eigenvalue weighted by atomic mass is 32.1. The van der Waals surface area contributed by atoms with E-state index in [1.807, 2.05) is 46.8 Å². The van der Waals surface area contributed by atoms with E-state index in [9.17, 15) is 4.79 Å². The summed E-state index contributed by atoms with van der Waals surface area (Å²) in [6.07, 6.45) is 2.71. The number of hydrogen-bond donors (Lipinski definition) is 0. The van der Waals surface area contributed by atoms with E-state index in [1.54, 1.807) is 28.9 Å². The third kappa shape index (κ3) is 2.89. The van der Waals surface area contributed by atoms with Crippen molar-refractivity contribution in [1.29, 1.82) is 0 Å². The van der Waals surface area contributed by atoms with Gasteiger partial charge in [-0.1, -0.05) is 6.07 Å². The molecule has 28 heavy (non-hydrogen) atoms. The van der Waals surface area contributed by atoms with Crippen LogP contribution in [0.4, 0.5) is 0 Å². The first-order chi connectivity index (χ1) is 13.7. The molecule has 0 fully saturated rings. The largest absolute Gasteiger partial charge is 0.326 e. The van der Waals surface area contributed by atoms with Gasteiger partial charge in [-0.05, 0) is 72.1 Å². The first kappa shape index (κ1) is 17.4. The zero-order chi connectivity index (χ0) is 19.1. The van der Waals surface area contributed by atoms with Crippen LogP contribution < -0.4 is 0 Å². The molecule has 5 rings (SSSR count). The lowest BCUT2D eigenvalue weighted by molar-refractivity contribution is 0.0699. The smallest absolute Gasteiger partial charge is 0.254 e. The predicted octanol–water partition coefficient (Wildman–Crippen LogP) is 5.09. The molecule has 1 aromatic carbocycles. The van der Waals surface area contributed by atoms with Gasteiger partial charge in [0.15, 0.2) is 0 Å². The van der Waals surface area contributed by atoms with Crippen LogP contribution >= 0.6 is 22.7 Å². The normalized spacial score (nSPS) is 16.2. The van der Waals surface area contributed by atoms with Crippen LogP contribution in [0.3, 0.4) is 0 Å². The second kappa shape index (κ2) is 7.04. The van der Waals surface area contributed by atoms with Crippen molar-refractivity contribution < 1.29 is 4.79 Å². The molecule has 0 saturated heterocycles. The van der Waals surface area contributed by atoms with Crippen molar-refractivity contribution in [3.63, 3.8) is 0 Å². The molecule has 4 heterocycles. The summed E-state index contributed by atoms with van der Waals surface area (Å²) >= 11 is 3.51. The zero-order valence-electron chi connectivity index (χ0n) is 15.4. The second-order valence-corrected chi connectivity index (χ2v) is 8.88. The third-order valence-corrected chi connectivity index (χ3v) is 7.15. The van der Waals surface area contributed by atoms with Crippen LogP contribution in [0.1, 0.15) is 37.4 Å². The van der Waals surface area contributed by atoms with Gasteiger partial charge in [-0.15, -0.1) is 22.7 Å². The molecule has 0 spiro atoms. The standard InChI is InChI=1S/C22H19N3OS2/c1-15-8-11-23-25(15)17-6-4-16(5-7-17)22(26)24-12-9-19-18(10-14-28-19)21(24)20-3-2-13-27-20/h2-8,10-11,13-14,21H,9,12H2,1H3/t21-/m0/s1. The number of nitrogens with zero attached hydrogens (tertiary/aromatic N) is 3. The summed E-state index contributed by atoms with van der Waals surface area (Å²) in [7, 11) is 0. The third-order valence-electron chi connectivity index (χ3n) is 5.23. The summed E-state index contributed by atoms with van der Waals surface area (Å²) in [6.45, 7) is 2.76. The van der Waals surface area contributed by atoms with Gasteiger partial charge in [0.2, 0.25) is 0 Å². The topological polar surface area (TPSA) is 38.1 Å². The van der Waals surface area contributed by atoms with E-state index in [2.05, 4.69) is 34.1 Å². The van der Waals surface area contributed by atoms with Crippen LogP contribution in [0, 0.1) is 6.92 Å². The first-order valence-electron chi connectivity index (χ1n) is 9.24. The number of carbonyl (C=O) groups excluding carboxylic acids is 1. The predicted molar refractivity (Wildman–Crippen MR) is 114 cm³/mol. The molecule has 0 unspecified atom stereocenters. The lowest BCUT2D eigenvalue weighted by Gasteiger charge is -2.35. The molecule has 1 aliphatic rings. The lowest BCUT2D eigenvalue weighted by Crippen LogP contribution is -2.39. The van der Waals surface area contributed by atoms with E-state index >= 15 is 0 Å². The van der Waals surface area contributed by atoms with Gasteiger partial charge in [-0.2, -0.15) is 5.10 Å². The summed E-state index contributed by atoms with van der Waals surface area (Å²) in [6, 6.07) is 16.1. The van der Waals surface area contributed by atoms with E-state index in [0.717, 1.165) is 24.3 Å². The fourth-order valence-corrected chi connectivity index (χ4v) is 5.60. The van der Waals surface area contributed by atoms with Crippen molar-refractivity contribution in [3.05, 3.63) is 92.1 Å². The van der Waals surface area contributed by atoms with E-state index in [-0.39, 0.29) is 11.9 Å². The van der Waals surface area contributed by atoms with Gasteiger partial charge >= 0.3 is 0 Å². The maximum Gasteiger partial charge on any atom is 0.254 e. The van der Waals surface area contributed by atoms with Crippen molar-refractivity contribution in [3.8, 4) is 5.69 Å². The minimum absolute atomic E-state index is 0.00976. The quantitative estimate of drug-likeness (QED) is 0.476. The molecule has 140 valence electrons. The van der Waals surface area contributed by atoms with Crippen molar-refractivity contribution in [2.24, 2.45) is 0 Å². The Morgan fingerprint density at radius 1 is 1.07 bits per heavy atom. The average molecular weight is 406 g/mol. The monoisotopic (exact) mass is 405 g/mol. The number of aryl methyl sites for hydroxylation is 1. The summed E-state index contributed by atoms with van der Waals surface area (Å²) in [5, 5.41) is 8.56. The number of thiophene rings is 2. The Balaban J connectivity index is 1.48. The first-order valence-corrected chi connectivity index (χ1v) is 11.0. The average Bonchev–Trinajstić information content (AvgIpc) is 3.48. The molecular weight excluding hydrogens is 386 g/mol. The molecule has 0 saturated carbocycles. The molecule has 1 amide bonds. The summed E-state index contributed by atoms with van der Waals surface area (Å²) < 4.78 is 1.88. The van der Waals surface area contributed by atoms with E-state index in [1.165, 1.54) is 15.3 Å². The fraction of sp³-hybridized carbons (Fsp3) is 0.182. The highest BCUT2D eigenvalue weighted by Gasteiger charge is 2.33. The molecule has 4 nitrogen and oxygen atoms in total. The van der Waals surface area contributed by atoms with Crippen LogP contribution in [0.25, 0.3) is 5.69 Å². The van der Waals surface area contributed by atoms with Gasteiger partial charge in [0.25, 0.3) is 5.91 Å². The minimum Gasteiger partial charge on any atom is -0.326 e. The number of rotatable bonds is 3. The van der Waals surface area contributed by atoms with Gasteiger partial charge in [-0.25, -0.2) is 4.68 Å². The molecule has 0 bridgehead atoms. The van der Waals surface area contributed by atoms with Crippen molar-refractivity contribution in [1.82, 2.24) is 14.7 Å². The van der Waals surface area contributed by atoms with E-state index < -0.39 is 0 Å². The van der Waals surface area contributed by atoms with Gasteiger partial charge in [0.05, 0.1) is 11.7 Å². The molecule has 0 radical (unpaired) electrons. The Morgan fingerprint density at radius 2 is 1.93 bits per heavy atom. The molecule has 6 heteroatoms. The Labute approximate surface area is 171 Å². The van der Waals surface area contributed by atoms with Crippen LogP contribution in [0.5, 0.6) is 0 Å². The number of fused-ring (bicyclic) bond motifs is 1. The van der Waals surface area contributed by atoms with Gasteiger partial charge in [0.1, 0.15) is 0 Å². The van der Waals surface area contributed by atoms with E-state index in [0.29, 0.717) is 5.56 Å². The Kier molecular flexibility index (Phi) is 4.37. The summed E-state index contributed by atoms with van der Waals surface area (Å²) in [4.78, 5) is 18.1. The molecule has 1 aliphatic heterocycles. The van der Waals surface area contributed by atoms with E-state index in [4.69, 9.17) is 0 Å². The second-order valence-electron chi connectivity index (χ2n) is 6.90. The Morgan fingerprint density at radius 3 is 2.64 bits per heavy atom. The van der Waals surface area contributed by atoms with Crippen LogP contribution in [0.2, 0.25) is 0 Å². The Bertz CT molecular complexity index is 1110. The summed E-state index contributed by atoms with van der Waals surface area (Å²) in [5.74, 6) is 0.0824. The van der Waals surface area contributed by atoms with Crippen LogP contribution in [-0.4, -0.2) is 27.1 Å². The van der Waals surface area contributed by atoms with Crippen LogP contribution in [-0.2, 0) is 6.42 Å². The maximum atomic E-state index is 13.4. The van der Waals surface area contributed by atoms with Gasteiger partial charge in [0, 0.05) is 33.8 Å².